The van der Waals surface area contributed by atoms with Gasteiger partial charge < -0.3 is 9.47 Å². The average Bonchev–Trinajstić information content (AvgIpc) is 2.92. The zero-order valence-electron chi connectivity index (χ0n) is 19.0. The first kappa shape index (κ1) is 23.3. The van der Waals surface area contributed by atoms with Crippen LogP contribution >= 0.6 is 7.26 Å². The van der Waals surface area contributed by atoms with Gasteiger partial charge in [-0.2, -0.15) is 0 Å². The van der Waals surface area contributed by atoms with Crippen LogP contribution in [0.3, 0.4) is 0 Å². The molecular weight excluding hydrogens is 445 g/mol. The van der Waals surface area contributed by atoms with Crippen LogP contribution in [0, 0.1) is 0 Å². The summed E-state index contributed by atoms with van der Waals surface area (Å²) in [5.74, 6) is -1.13. The molecule has 0 aliphatic heterocycles. The maximum absolute atomic E-state index is 12.4. The molecule has 0 N–H and O–H groups in total. The number of aromatic nitrogens is 1. The molecule has 6 heteroatoms. The fraction of sp³-hybridized carbons (Fsp3) is 0.107. The third-order valence-electron chi connectivity index (χ3n) is 5.68. The van der Waals surface area contributed by atoms with Gasteiger partial charge in [-0.05, 0) is 48.5 Å². The molecule has 170 valence electrons. The van der Waals surface area contributed by atoms with Crippen molar-refractivity contribution in [2.24, 2.45) is 0 Å². The summed E-state index contributed by atoms with van der Waals surface area (Å²) in [6.45, 7) is 0. The van der Waals surface area contributed by atoms with Gasteiger partial charge in [0.05, 0.1) is 25.5 Å². The van der Waals surface area contributed by atoms with Crippen LogP contribution in [0.5, 0.6) is 0 Å². The van der Waals surface area contributed by atoms with Gasteiger partial charge in [0.25, 0.3) is 0 Å². The molecule has 4 rings (SSSR count). The van der Waals surface area contributed by atoms with Gasteiger partial charge in [-0.25, -0.2) is 14.6 Å². The molecule has 3 aromatic carbocycles. The highest BCUT2D eigenvalue weighted by molar-refractivity contribution is 7.95. The minimum atomic E-state index is -2.26. The molecule has 0 aliphatic carbocycles. The summed E-state index contributed by atoms with van der Waals surface area (Å²) in [7, 11) is 0.351. The first-order chi connectivity index (χ1) is 16.6. The van der Waals surface area contributed by atoms with Gasteiger partial charge in [-0.15, -0.1) is 0 Å². The molecule has 0 aliphatic rings. The molecule has 0 saturated heterocycles. The lowest BCUT2D eigenvalue weighted by Gasteiger charge is -2.27. The first-order valence-electron chi connectivity index (χ1n) is 10.8. The van der Waals surface area contributed by atoms with Gasteiger partial charge in [0.1, 0.15) is 35.0 Å². The van der Waals surface area contributed by atoms with Crippen molar-refractivity contribution < 1.29 is 19.1 Å². The highest BCUT2D eigenvalue weighted by Crippen LogP contribution is 2.57. The van der Waals surface area contributed by atoms with E-state index in [0.29, 0.717) is 11.9 Å². The third-order valence-corrected chi connectivity index (χ3v) is 10.0. The molecule has 5 nitrogen and oxygen atoms in total. The number of pyridine rings is 1. The predicted molar refractivity (Wildman–Crippen MR) is 136 cm³/mol. The van der Waals surface area contributed by atoms with Crippen LogP contribution in [0.25, 0.3) is 0 Å². The topological polar surface area (TPSA) is 65.5 Å². The number of esters is 2. The highest BCUT2D eigenvalue weighted by atomic mass is 31.2. The minimum absolute atomic E-state index is 0.0766. The Bertz CT molecular complexity index is 1150. The molecule has 0 fully saturated rings. The van der Waals surface area contributed by atoms with Crippen molar-refractivity contribution in [3.05, 3.63) is 120 Å². The molecule has 0 amide bonds. The van der Waals surface area contributed by atoms with Gasteiger partial charge in [0.2, 0.25) is 0 Å². The van der Waals surface area contributed by atoms with Crippen molar-refractivity contribution in [1.82, 2.24) is 4.98 Å². The summed E-state index contributed by atoms with van der Waals surface area (Å²) in [5.41, 5.74) is 0.959. The van der Waals surface area contributed by atoms with Crippen LogP contribution in [0.2, 0.25) is 0 Å². The van der Waals surface area contributed by atoms with E-state index < -0.39 is 19.2 Å². The fourth-order valence-corrected chi connectivity index (χ4v) is 8.26. The minimum Gasteiger partial charge on any atom is -0.465 e. The Hall–Kier alpha value is -3.82. The van der Waals surface area contributed by atoms with E-state index in [1.54, 1.807) is 6.07 Å². The van der Waals surface area contributed by atoms with Gasteiger partial charge in [-0.1, -0.05) is 54.6 Å². The lowest BCUT2D eigenvalue weighted by atomic mass is 10.2. The summed E-state index contributed by atoms with van der Waals surface area (Å²) in [6.07, 6.45) is 0.514. The van der Waals surface area contributed by atoms with Crippen LogP contribution in [-0.4, -0.2) is 31.1 Å². The van der Waals surface area contributed by atoms with Crippen molar-refractivity contribution in [1.29, 1.82) is 0 Å². The Morgan fingerprint density at radius 1 is 0.676 bits per heavy atom. The monoisotopic (exact) mass is 470 g/mol. The number of hydrogen-bond donors (Lipinski definition) is 0. The molecular formula is C28H25NO4P+. The summed E-state index contributed by atoms with van der Waals surface area (Å²) in [4.78, 5) is 29.4. The van der Waals surface area contributed by atoms with E-state index in [2.05, 4.69) is 41.4 Å². The lowest BCUT2D eigenvalue weighted by molar-refractivity contribution is 0.0593. The average molecular weight is 470 g/mol. The Morgan fingerprint density at radius 2 is 1.12 bits per heavy atom. The summed E-state index contributed by atoms with van der Waals surface area (Å²) in [6, 6.07) is 34.2. The van der Waals surface area contributed by atoms with Gasteiger partial charge >= 0.3 is 11.9 Å². The molecule has 0 radical (unpaired) electrons. The number of rotatable bonds is 7. The third kappa shape index (κ3) is 4.61. The second kappa shape index (κ2) is 10.4. The summed E-state index contributed by atoms with van der Waals surface area (Å²) in [5, 5.41) is 3.53. The van der Waals surface area contributed by atoms with Crippen molar-refractivity contribution in [3.63, 3.8) is 0 Å². The molecule has 0 spiro atoms. The predicted octanol–water partition coefficient (Wildman–Crippen LogP) is 4.15. The molecule has 1 heterocycles. The van der Waals surface area contributed by atoms with Crippen molar-refractivity contribution in [2.75, 3.05) is 14.2 Å². The zero-order valence-corrected chi connectivity index (χ0v) is 19.9. The number of carbonyl (C=O) groups excluding carboxylic acids is 2. The highest BCUT2D eigenvalue weighted by Gasteiger charge is 2.46. The smallest absolute Gasteiger partial charge is 0.356 e. The second-order valence-electron chi connectivity index (χ2n) is 7.69. The number of ether oxygens (including phenoxy) is 2. The maximum atomic E-state index is 12.4. The van der Waals surface area contributed by atoms with Crippen LogP contribution in [-0.2, 0) is 15.6 Å². The second-order valence-corrected chi connectivity index (χ2v) is 11.2. The van der Waals surface area contributed by atoms with Gasteiger partial charge in [0.15, 0.2) is 0 Å². The van der Waals surface area contributed by atoms with Crippen molar-refractivity contribution in [3.8, 4) is 0 Å². The molecule has 0 unspecified atom stereocenters. The Labute approximate surface area is 199 Å². The van der Waals surface area contributed by atoms with E-state index in [0.717, 1.165) is 0 Å². The number of carbonyl (C=O) groups is 2. The van der Waals surface area contributed by atoms with E-state index >= 15 is 0 Å². The van der Waals surface area contributed by atoms with Crippen LogP contribution < -0.4 is 15.9 Å². The number of nitrogens with zero attached hydrogens (tertiary/aromatic N) is 1. The standard InChI is InChI=1S/C28H25NO4P/c1-32-27(30)21-18-22(29-26(19-21)28(31)33-2)20-34(23-12-6-3-7-13-23,24-14-8-4-9-15-24)25-16-10-5-11-17-25/h3-19H,20H2,1-2H3/q+1. The molecule has 0 bridgehead atoms. The number of methoxy groups -OCH3 is 2. The van der Waals surface area contributed by atoms with Crippen molar-refractivity contribution in [2.45, 2.75) is 6.16 Å². The molecule has 34 heavy (non-hydrogen) atoms. The van der Waals surface area contributed by atoms with E-state index in [4.69, 9.17) is 9.47 Å². The SMILES string of the molecule is COC(=O)c1cc(C[P+](c2ccccc2)(c2ccccc2)c2ccccc2)nc(C(=O)OC)c1. The van der Waals surface area contributed by atoms with Gasteiger partial charge in [0, 0.05) is 0 Å². The number of benzene rings is 3. The van der Waals surface area contributed by atoms with Crippen LogP contribution in [0.1, 0.15) is 26.5 Å². The van der Waals surface area contributed by atoms with E-state index in [1.807, 2.05) is 54.6 Å². The molecule has 0 saturated carbocycles. The Morgan fingerprint density at radius 3 is 1.53 bits per heavy atom. The lowest BCUT2D eigenvalue weighted by Crippen LogP contribution is -2.32. The Kier molecular flexibility index (Phi) is 7.15. The molecule has 0 atom stereocenters. The largest absolute Gasteiger partial charge is 0.465 e. The quantitative estimate of drug-likeness (QED) is 0.300. The number of hydrogen-bond acceptors (Lipinski definition) is 5. The molecule has 1 aromatic heterocycles. The van der Waals surface area contributed by atoms with Crippen LogP contribution in [0.4, 0.5) is 0 Å². The normalized spacial score (nSPS) is 11.0. The van der Waals surface area contributed by atoms with Crippen molar-refractivity contribution >= 4 is 35.1 Å². The van der Waals surface area contributed by atoms with Crippen LogP contribution in [0.15, 0.2) is 103 Å². The maximum Gasteiger partial charge on any atom is 0.356 e. The fourth-order valence-electron chi connectivity index (χ4n) is 4.13. The van der Waals surface area contributed by atoms with E-state index in [-0.39, 0.29) is 11.3 Å². The summed E-state index contributed by atoms with van der Waals surface area (Å²) < 4.78 is 9.83. The van der Waals surface area contributed by atoms with E-state index in [9.17, 15) is 9.59 Å². The zero-order chi connectivity index (χ0) is 24.0. The Balaban J connectivity index is 1.99. The van der Waals surface area contributed by atoms with Gasteiger partial charge in [-0.3, -0.25) is 0 Å². The first-order valence-corrected chi connectivity index (χ1v) is 12.8. The van der Waals surface area contributed by atoms with E-state index in [1.165, 1.54) is 36.2 Å². The summed E-state index contributed by atoms with van der Waals surface area (Å²) >= 11 is 0. The molecule has 4 aromatic rings.